The van der Waals surface area contributed by atoms with E-state index in [9.17, 15) is 0 Å². The van der Waals surface area contributed by atoms with Gasteiger partial charge in [-0.2, -0.15) is 0 Å². The molecule has 0 spiro atoms. The van der Waals surface area contributed by atoms with Crippen LogP contribution in [0, 0.1) is 0 Å². The van der Waals surface area contributed by atoms with Crippen LogP contribution in [0.2, 0.25) is 0 Å². The molecule has 0 fully saturated rings. The van der Waals surface area contributed by atoms with Gasteiger partial charge in [0.1, 0.15) is 0 Å². The number of thiocarbonyl (C=S) groups is 2. The predicted molar refractivity (Wildman–Crippen MR) is 223 cm³/mol. The van der Waals surface area contributed by atoms with Crippen molar-refractivity contribution in [3.63, 3.8) is 0 Å². The zero-order valence-electron chi connectivity index (χ0n) is 32.4. The Bertz CT molecular complexity index is 571. The first-order chi connectivity index (χ1) is 23.2. The van der Waals surface area contributed by atoms with Crippen LogP contribution in [-0.2, 0) is 0 Å². The zero-order valence-corrected chi connectivity index (χ0v) is 34.0. The zero-order chi connectivity index (χ0) is 34.1. The van der Waals surface area contributed by atoms with Gasteiger partial charge in [0.05, 0.1) is 9.98 Å². The maximum Gasteiger partial charge on any atom is 0.0753 e. The fraction of sp³-hybridized carbons (Fsp3) is 0.953. The first kappa shape index (κ1) is 46.8. The minimum absolute atomic E-state index is 1.04. The van der Waals surface area contributed by atoms with Crippen LogP contribution >= 0.6 is 24.4 Å². The van der Waals surface area contributed by atoms with Gasteiger partial charge in [-0.05, 0) is 38.5 Å². The van der Waals surface area contributed by atoms with E-state index in [-0.39, 0.29) is 0 Å². The van der Waals surface area contributed by atoms with Crippen LogP contribution in [-0.4, -0.2) is 23.1 Å². The lowest BCUT2D eigenvalue weighted by molar-refractivity contribution is 0.529. The van der Waals surface area contributed by atoms with Gasteiger partial charge < -0.3 is 10.6 Å². The molecule has 0 unspecified atom stereocenters. The summed E-state index contributed by atoms with van der Waals surface area (Å²) in [5, 5.41) is 7.00. The fourth-order valence-corrected chi connectivity index (χ4v) is 7.22. The topological polar surface area (TPSA) is 24.1 Å². The summed E-state index contributed by atoms with van der Waals surface area (Å²) in [5.74, 6) is 0. The molecule has 0 rings (SSSR count). The van der Waals surface area contributed by atoms with Gasteiger partial charge in [-0.25, -0.2) is 0 Å². The first-order valence-corrected chi connectivity index (χ1v) is 22.6. The monoisotopic (exact) mass is 695 g/mol. The number of nitrogens with one attached hydrogen (secondary N) is 2. The molecule has 0 saturated heterocycles. The minimum atomic E-state index is 1.04. The number of rotatable bonds is 40. The number of unbranched alkanes of at least 4 members (excludes halogenated alkanes) is 32. The molecule has 0 aliphatic carbocycles. The van der Waals surface area contributed by atoms with Gasteiger partial charge in [-0.15, -0.1) is 0 Å². The molecule has 0 aromatic carbocycles. The third-order valence-corrected chi connectivity index (χ3v) is 10.7. The van der Waals surface area contributed by atoms with Crippen molar-refractivity contribution in [2.75, 3.05) is 13.1 Å². The average Bonchev–Trinajstić information content (AvgIpc) is 3.07. The van der Waals surface area contributed by atoms with Crippen molar-refractivity contribution in [2.24, 2.45) is 0 Å². The Labute approximate surface area is 308 Å². The second-order valence-electron chi connectivity index (χ2n) is 14.9. The van der Waals surface area contributed by atoms with Gasteiger partial charge in [0.15, 0.2) is 0 Å². The van der Waals surface area contributed by atoms with Crippen molar-refractivity contribution >= 4 is 34.4 Å². The Morgan fingerprint density at radius 3 is 0.702 bits per heavy atom. The van der Waals surface area contributed by atoms with Crippen molar-refractivity contribution in [1.29, 1.82) is 0 Å². The van der Waals surface area contributed by atoms with E-state index in [0.717, 1.165) is 35.9 Å². The third-order valence-electron chi connectivity index (χ3n) is 10.0. The van der Waals surface area contributed by atoms with E-state index in [1.807, 2.05) is 0 Å². The molecule has 0 saturated carbocycles. The second kappa shape index (κ2) is 41.9. The Morgan fingerprint density at radius 1 is 0.277 bits per heavy atom. The molecule has 280 valence electrons. The van der Waals surface area contributed by atoms with Gasteiger partial charge in [-0.1, -0.05) is 237 Å². The molecule has 0 aliphatic rings. The van der Waals surface area contributed by atoms with Crippen molar-refractivity contribution in [2.45, 2.75) is 251 Å². The molecule has 2 nitrogen and oxygen atoms in total. The van der Waals surface area contributed by atoms with Gasteiger partial charge in [0.2, 0.25) is 0 Å². The molecule has 0 atom stereocenters. The van der Waals surface area contributed by atoms with E-state index < -0.39 is 0 Å². The summed E-state index contributed by atoms with van der Waals surface area (Å²) >= 11 is 11.1. The first-order valence-electron chi connectivity index (χ1n) is 21.7. The van der Waals surface area contributed by atoms with Gasteiger partial charge in [0, 0.05) is 13.1 Å². The summed E-state index contributed by atoms with van der Waals surface area (Å²) < 4.78 is 0. The summed E-state index contributed by atoms with van der Waals surface area (Å²) in [7, 11) is 0. The standard InChI is InChI=1S/C43H86N2S2/c1-3-5-7-9-11-13-15-17-19-21-23-25-27-29-31-36-40-44-42(46)38-34-33-35-39-43(47)45-41-37-32-30-28-26-24-22-20-18-16-14-12-10-8-6-4-2/h3-41H2,1-2H3,(H,44,46)(H,45,47). The highest BCUT2D eigenvalue weighted by Crippen LogP contribution is 2.15. The molecule has 0 aromatic rings. The van der Waals surface area contributed by atoms with Gasteiger partial charge >= 0.3 is 0 Å². The maximum atomic E-state index is 5.57. The number of hydrogen-bond donors (Lipinski definition) is 2. The smallest absolute Gasteiger partial charge is 0.0753 e. The maximum absolute atomic E-state index is 5.57. The van der Waals surface area contributed by atoms with Crippen LogP contribution in [0.3, 0.4) is 0 Å². The summed E-state index contributed by atoms with van der Waals surface area (Å²) in [4.78, 5) is 2.13. The van der Waals surface area contributed by atoms with E-state index in [4.69, 9.17) is 24.4 Å². The van der Waals surface area contributed by atoms with E-state index in [1.165, 1.54) is 225 Å². The van der Waals surface area contributed by atoms with Crippen molar-refractivity contribution in [3.8, 4) is 0 Å². The molecular weight excluding hydrogens is 609 g/mol. The lowest BCUT2D eigenvalue weighted by Crippen LogP contribution is -2.23. The minimum Gasteiger partial charge on any atom is -0.380 e. The molecule has 0 aliphatic heterocycles. The SMILES string of the molecule is CCCCCCCCCCCCCCCCCCNC(=S)CCCCCC(=S)NCCCCCCCCCCCCCCCCCC. The molecule has 47 heavy (non-hydrogen) atoms. The summed E-state index contributed by atoms with van der Waals surface area (Å²) in [6.45, 7) is 6.72. The van der Waals surface area contributed by atoms with E-state index in [2.05, 4.69) is 24.5 Å². The van der Waals surface area contributed by atoms with E-state index in [1.54, 1.807) is 0 Å². The third kappa shape index (κ3) is 41.9. The van der Waals surface area contributed by atoms with Crippen molar-refractivity contribution in [1.82, 2.24) is 10.6 Å². The second-order valence-corrected chi connectivity index (χ2v) is 15.9. The summed E-state index contributed by atoms with van der Waals surface area (Å²) in [5.41, 5.74) is 0. The highest BCUT2D eigenvalue weighted by Gasteiger charge is 2.01. The Balaban J connectivity index is 3.24. The van der Waals surface area contributed by atoms with Crippen LogP contribution in [0.15, 0.2) is 0 Å². The molecule has 2 N–H and O–H groups in total. The molecule has 0 aromatic heterocycles. The van der Waals surface area contributed by atoms with Crippen LogP contribution in [0.25, 0.3) is 0 Å². The lowest BCUT2D eigenvalue weighted by Gasteiger charge is -2.09. The van der Waals surface area contributed by atoms with Crippen molar-refractivity contribution in [3.05, 3.63) is 0 Å². The quantitative estimate of drug-likeness (QED) is 0.0492. The Kier molecular flexibility index (Phi) is 41.8. The fourth-order valence-electron chi connectivity index (χ4n) is 6.73. The summed E-state index contributed by atoms with van der Waals surface area (Å²) in [6.07, 6.45) is 51.2. The van der Waals surface area contributed by atoms with Crippen LogP contribution in [0.5, 0.6) is 0 Å². The average molecular weight is 695 g/mol. The van der Waals surface area contributed by atoms with Crippen molar-refractivity contribution < 1.29 is 0 Å². The van der Waals surface area contributed by atoms with E-state index >= 15 is 0 Å². The molecule has 0 amide bonds. The molecule has 4 heteroatoms. The normalized spacial score (nSPS) is 11.3. The predicted octanol–water partition coefficient (Wildman–Crippen LogP) is 15.3. The van der Waals surface area contributed by atoms with Gasteiger partial charge in [-0.3, -0.25) is 0 Å². The largest absolute Gasteiger partial charge is 0.380 e. The van der Waals surface area contributed by atoms with Crippen LogP contribution < -0.4 is 10.6 Å². The number of hydrogen-bond acceptors (Lipinski definition) is 2. The highest BCUT2D eigenvalue weighted by molar-refractivity contribution is 7.80. The van der Waals surface area contributed by atoms with E-state index in [0.29, 0.717) is 0 Å². The Morgan fingerprint density at radius 2 is 0.468 bits per heavy atom. The van der Waals surface area contributed by atoms with Crippen LogP contribution in [0.1, 0.15) is 251 Å². The summed E-state index contributed by atoms with van der Waals surface area (Å²) in [6, 6.07) is 0. The van der Waals surface area contributed by atoms with Crippen LogP contribution in [0.4, 0.5) is 0 Å². The lowest BCUT2D eigenvalue weighted by atomic mass is 10.0. The molecular formula is C43H86N2S2. The molecule has 0 bridgehead atoms. The van der Waals surface area contributed by atoms with Gasteiger partial charge in [0.25, 0.3) is 0 Å². The molecule has 0 heterocycles. The highest BCUT2D eigenvalue weighted by atomic mass is 32.1. The molecule has 0 radical (unpaired) electrons. The Hall–Kier alpha value is -0.220.